The molecule has 4 nitrogen and oxygen atoms in total. The van der Waals surface area contributed by atoms with Crippen molar-refractivity contribution >= 4 is 16.8 Å². The number of anilines is 1. The van der Waals surface area contributed by atoms with Crippen molar-refractivity contribution in [2.45, 2.75) is 6.92 Å². The number of aryl methyl sites for hydroxylation is 2. The molecule has 0 spiro atoms. The summed E-state index contributed by atoms with van der Waals surface area (Å²) in [5, 5.41) is 0. The zero-order valence-electron chi connectivity index (χ0n) is 10.7. The molecule has 0 aliphatic carbocycles. The first kappa shape index (κ1) is 13.8. The Morgan fingerprint density at radius 3 is 2.84 bits per heavy atom. The highest BCUT2D eigenvalue weighted by Gasteiger charge is 2.12. The van der Waals surface area contributed by atoms with E-state index < -0.39 is 0 Å². The Morgan fingerprint density at radius 1 is 1.32 bits per heavy atom. The quantitative estimate of drug-likeness (QED) is 0.349. The molecule has 2 aromatic heterocycles. The summed E-state index contributed by atoms with van der Waals surface area (Å²) in [5.74, 6) is 0.620. The van der Waals surface area contributed by atoms with E-state index in [4.69, 9.17) is 10.2 Å². The smallest absolute Gasteiger partial charge is 0.233 e. The molecule has 0 atom stereocenters. The molecular weight excluding hydrogens is 353 g/mol. The summed E-state index contributed by atoms with van der Waals surface area (Å²) in [7, 11) is 1.97. The van der Waals surface area contributed by atoms with Crippen molar-refractivity contribution in [1.82, 2.24) is 4.98 Å². The number of hydrogen-bond acceptors (Lipinski definition) is 3. The molecule has 0 radical (unpaired) electrons. The maximum atomic E-state index is 5.81. The van der Waals surface area contributed by atoms with Gasteiger partial charge in [-0.3, -0.25) is 0 Å². The molecular formula is C14H14IN3O. The van der Waals surface area contributed by atoms with Crippen molar-refractivity contribution < 1.29 is 33.0 Å². The first-order valence-electron chi connectivity index (χ1n) is 5.76. The standard InChI is InChI=1S/C14H14N3O.HI/c1-9-6-11(15)7-12-13(9)18-14(16-12)10-4-3-5-17(2)8-10;/h3-8H,15H2,1-2H3;1H/q+1;/p-1. The molecule has 0 fully saturated rings. The van der Waals surface area contributed by atoms with E-state index in [1.54, 1.807) is 0 Å². The minimum Gasteiger partial charge on any atom is -1.00 e. The van der Waals surface area contributed by atoms with E-state index in [2.05, 4.69) is 4.98 Å². The minimum atomic E-state index is 0. The monoisotopic (exact) mass is 367 g/mol. The third-order valence-corrected chi connectivity index (χ3v) is 2.88. The highest BCUT2D eigenvalue weighted by Crippen LogP contribution is 2.27. The number of hydrogen-bond donors (Lipinski definition) is 1. The number of aromatic nitrogens is 2. The van der Waals surface area contributed by atoms with Crippen LogP contribution in [0.25, 0.3) is 22.6 Å². The number of benzene rings is 1. The van der Waals surface area contributed by atoms with Gasteiger partial charge in [-0.1, -0.05) is 0 Å². The lowest BCUT2D eigenvalue weighted by Crippen LogP contribution is -3.00. The number of oxazole rings is 1. The van der Waals surface area contributed by atoms with Crippen molar-refractivity contribution in [3.8, 4) is 11.5 Å². The largest absolute Gasteiger partial charge is 1.00 e. The molecule has 0 aliphatic rings. The van der Waals surface area contributed by atoms with Crippen LogP contribution in [0.1, 0.15) is 5.56 Å². The maximum Gasteiger partial charge on any atom is 0.233 e. The average molecular weight is 367 g/mol. The summed E-state index contributed by atoms with van der Waals surface area (Å²) >= 11 is 0. The molecule has 2 N–H and O–H groups in total. The molecule has 2 heterocycles. The van der Waals surface area contributed by atoms with Gasteiger partial charge in [0.05, 0.1) is 0 Å². The van der Waals surface area contributed by atoms with Crippen LogP contribution < -0.4 is 34.3 Å². The number of nitrogens with zero attached hydrogens (tertiary/aromatic N) is 2. The Morgan fingerprint density at radius 2 is 2.11 bits per heavy atom. The van der Waals surface area contributed by atoms with Crippen LogP contribution in [-0.2, 0) is 7.05 Å². The second kappa shape index (κ2) is 5.16. The van der Waals surface area contributed by atoms with Crippen LogP contribution >= 0.6 is 0 Å². The van der Waals surface area contributed by atoms with Crippen molar-refractivity contribution in [1.29, 1.82) is 0 Å². The number of pyridine rings is 1. The van der Waals surface area contributed by atoms with Crippen LogP contribution in [0.3, 0.4) is 0 Å². The molecule has 3 aromatic rings. The Bertz CT molecular complexity index is 737. The van der Waals surface area contributed by atoms with E-state index >= 15 is 0 Å². The van der Waals surface area contributed by atoms with E-state index in [0.29, 0.717) is 11.6 Å². The summed E-state index contributed by atoms with van der Waals surface area (Å²) in [5.41, 5.74) is 10.1. The number of rotatable bonds is 1. The Labute approximate surface area is 128 Å². The van der Waals surface area contributed by atoms with Crippen molar-refractivity contribution in [3.05, 3.63) is 42.2 Å². The van der Waals surface area contributed by atoms with Gasteiger partial charge in [0, 0.05) is 11.8 Å². The van der Waals surface area contributed by atoms with E-state index in [9.17, 15) is 0 Å². The molecule has 3 rings (SSSR count). The lowest BCUT2D eigenvalue weighted by atomic mass is 10.2. The Balaban J connectivity index is 0.00000133. The SMILES string of the molecule is Cc1cc(N)cc2nc(-c3ccc[n+](C)c3)oc12.[I-]. The molecule has 98 valence electrons. The van der Waals surface area contributed by atoms with E-state index in [0.717, 1.165) is 22.2 Å². The van der Waals surface area contributed by atoms with E-state index in [-0.39, 0.29) is 24.0 Å². The fraction of sp³-hybridized carbons (Fsp3) is 0.143. The highest BCUT2D eigenvalue weighted by atomic mass is 127. The Kier molecular flexibility index (Phi) is 3.75. The van der Waals surface area contributed by atoms with Crippen molar-refractivity contribution in [2.75, 3.05) is 5.73 Å². The molecule has 0 saturated heterocycles. The lowest BCUT2D eigenvalue weighted by Gasteiger charge is -1.95. The zero-order chi connectivity index (χ0) is 12.7. The fourth-order valence-electron chi connectivity index (χ4n) is 2.07. The number of nitrogens with two attached hydrogens (primary N) is 1. The van der Waals surface area contributed by atoms with E-state index in [1.807, 2.05) is 55.2 Å². The zero-order valence-corrected chi connectivity index (χ0v) is 12.9. The predicted octanol–water partition coefficient (Wildman–Crippen LogP) is -0.786. The molecule has 1 aromatic carbocycles. The molecule has 5 heteroatoms. The third-order valence-electron chi connectivity index (χ3n) is 2.88. The second-order valence-electron chi connectivity index (χ2n) is 4.46. The first-order valence-corrected chi connectivity index (χ1v) is 5.76. The van der Waals surface area contributed by atoms with Gasteiger partial charge in [-0.05, 0) is 30.7 Å². The molecule has 0 unspecified atom stereocenters. The summed E-state index contributed by atoms with van der Waals surface area (Å²) in [6.45, 7) is 1.97. The summed E-state index contributed by atoms with van der Waals surface area (Å²) in [6, 6.07) is 7.66. The molecule has 0 aliphatic heterocycles. The van der Waals surface area contributed by atoms with E-state index in [1.165, 1.54) is 0 Å². The summed E-state index contributed by atoms with van der Waals surface area (Å²) in [4.78, 5) is 4.49. The van der Waals surface area contributed by atoms with Gasteiger partial charge in [0.25, 0.3) is 0 Å². The van der Waals surface area contributed by atoms with Gasteiger partial charge in [-0.15, -0.1) is 0 Å². The van der Waals surface area contributed by atoms with Gasteiger partial charge in [-0.25, -0.2) is 9.55 Å². The topological polar surface area (TPSA) is 55.9 Å². The van der Waals surface area contributed by atoms with Crippen molar-refractivity contribution in [3.63, 3.8) is 0 Å². The van der Waals surface area contributed by atoms with Crippen LogP contribution in [-0.4, -0.2) is 4.98 Å². The van der Waals surface area contributed by atoms with Crippen LogP contribution in [0.4, 0.5) is 5.69 Å². The first-order chi connectivity index (χ1) is 8.63. The molecule has 0 amide bonds. The maximum absolute atomic E-state index is 5.81. The number of fused-ring (bicyclic) bond motifs is 1. The van der Waals surface area contributed by atoms with Gasteiger partial charge < -0.3 is 34.1 Å². The van der Waals surface area contributed by atoms with Crippen molar-refractivity contribution in [2.24, 2.45) is 7.05 Å². The van der Waals surface area contributed by atoms with Gasteiger partial charge in [-0.2, -0.15) is 0 Å². The summed E-state index contributed by atoms with van der Waals surface area (Å²) < 4.78 is 7.78. The molecule has 19 heavy (non-hydrogen) atoms. The summed E-state index contributed by atoms with van der Waals surface area (Å²) in [6.07, 6.45) is 3.94. The van der Waals surface area contributed by atoms with Gasteiger partial charge in [0.1, 0.15) is 18.1 Å². The molecule has 0 bridgehead atoms. The fourth-order valence-corrected chi connectivity index (χ4v) is 2.07. The lowest BCUT2D eigenvalue weighted by molar-refractivity contribution is -0.671. The number of halogens is 1. The minimum absolute atomic E-state index is 0. The van der Waals surface area contributed by atoms with Gasteiger partial charge in [0.2, 0.25) is 5.89 Å². The third kappa shape index (κ3) is 2.56. The van der Waals surface area contributed by atoms with Crippen LogP contribution in [0, 0.1) is 6.92 Å². The highest BCUT2D eigenvalue weighted by molar-refractivity contribution is 5.82. The van der Waals surface area contributed by atoms with Crippen LogP contribution in [0.2, 0.25) is 0 Å². The van der Waals surface area contributed by atoms with Crippen LogP contribution in [0.5, 0.6) is 0 Å². The second-order valence-corrected chi connectivity index (χ2v) is 4.46. The average Bonchev–Trinajstić information content (AvgIpc) is 2.73. The van der Waals surface area contributed by atoms with Crippen LogP contribution in [0.15, 0.2) is 41.1 Å². The number of nitrogen functional groups attached to an aromatic ring is 1. The molecule has 0 saturated carbocycles. The predicted molar refractivity (Wildman–Crippen MR) is 69.8 cm³/mol. The normalized spacial score (nSPS) is 10.4. The Hall–Kier alpha value is -1.63. The van der Waals surface area contributed by atoms with Gasteiger partial charge >= 0.3 is 0 Å². The van der Waals surface area contributed by atoms with Gasteiger partial charge in [0.15, 0.2) is 18.0 Å².